The van der Waals surface area contributed by atoms with Crippen LogP contribution in [0.25, 0.3) is 0 Å². The van der Waals surface area contributed by atoms with Gasteiger partial charge >= 0.3 is 0 Å². The molecule has 1 aliphatic rings. The fourth-order valence-corrected chi connectivity index (χ4v) is 3.63. The van der Waals surface area contributed by atoms with Gasteiger partial charge in [-0.2, -0.15) is 4.98 Å². The van der Waals surface area contributed by atoms with Crippen LogP contribution in [0.2, 0.25) is 10.0 Å². The van der Waals surface area contributed by atoms with Crippen LogP contribution in [0, 0.1) is 6.92 Å². The summed E-state index contributed by atoms with van der Waals surface area (Å²) in [5, 5.41) is 9.21. The Morgan fingerprint density at radius 3 is 2.68 bits per heavy atom. The van der Waals surface area contributed by atoms with E-state index in [4.69, 9.17) is 23.2 Å². The van der Waals surface area contributed by atoms with E-state index in [1.807, 2.05) is 6.92 Å². The summed E-state index contributed by atoms with van der Waals surface area (Å²) in [6.07, 6.45) is -0.176. The molecule has 2 heterocycles. The monoisotopic (exact) mass is 457 g/mol. The van der Waals surface area contributed by atoms with Crippen molar-refractivity contribution in [3.05, 3.63) is 74.0 Å². The Morgan fingerprint density at radius 1 is 1.13 bits per heavy atom. The molecule has 3 aromatic rings. The number of H-pyrrole nitrogens is 1. The standard InChI is InChI=1S/C21H17Cl2N5O3/c1-10-5-6-13(8-15(10)23)24-19(30)14-9-16(29)26-18-17(14)20(31)28-21(27-18)25-12-4-2-3-11(22)7-12/h2-8,14H,9H2,1H3,(H,24,30)(H3,25,26,27,28,29,31)/t14-/m1/s1. The molecule has 0 saturated heterocycles. The first-order chi connectivity index (χ1) is 14.8. The fraction of sp³-hybridized carbons (Fsp3) is 0.143. The number of aromatic nitrogens is 2. The van der Waals surface area contributed by atoms with Gasteiger partial charge in [0.05, 0.1) is 11.5 Å². The molecule has 0 saturated carbocycles. The average Bonchev–Trinajstić information content (AvgIpc) is 2.70. The number of hydrogen-bond donors (Lipinski definition) is 4. The molecule has 0 radical (unpaired) electrons. The fourth-order valence-electron chi connectivity index (χ4n) is 3.26. The first-order valence-corrected chi connectivity index (χ1v) is 10.1. The number of carbonyl (C=O) groups is 2. The highest BCUT2D eigenvalue weighted by molar-refractivity contribution is 6.31. The number of halogens is 2. The van der Waals surface area contributed by atoms with Gasteiger partial charge in [0.2, 0.25) is 17.8 Å². The molecule has 4 rings (SSSR count). The molecule has 0 fully saturated rings. The van der Waals surface area contributed by atoms with Gasteiger partial charge in [0.1, 0.15) is 5.82 Å². The van der Waals surface area contributed by atoms with Crippen molar-refractivity contribution in [1.29, 1.82) is 0 Å². The molecule has 1 aliphatic heterocycles. The second-order valence-electron chi connectivity index (χ2n) is 7.07. The van der Waals surface area contributed by atoms with E-state index in [0.717, 1.165) is 5.56 Å². The zero-order valence-electron chi connectivity index (χ0n) is 16.3. The molecular weight excluding hydrogens is 441 g/mol. The Hall–Kier alpha value is -3.36. The number of fused-ring (bicyclic) bond motifs is 1. The number of nitrogens with zero attached hydrogens (tertiary/aromatic N) is 1. The third-order valence-electron chi connectivity index (χ3n) is 4.79. The zero-order valence-corrected chi connectivity index (χ0v) is 17.8. The van der Waals surface area contributed by atoms with Crippen molar-refractivity contribution in [3.8, 4) is 0 Å². The van der Waals surface area contributed by atoms with Crippen molar-refractivity contribution in [1.82, 2.24) is 9.97 Å². The van der Waals surface area contributed by atoms with E-state index in [9.17, 15) is 14.4 Å². The summed E-state index contributed by atoms with van der Waals surface area (Å²) in [4.78, 5) is 44.8. The van der Waals surface area contributed by atoms with E-state index in [2.05, 4.69) is 25.9 Å². The van der Waals surface area contributed by atoms with Gasteiger partial charge in [-0.1, -0.05) is 35.3 Å². The maximum atomic E-state index is 12.9. The molecule has 0 spiro atoms. The molecule has 1 aromatic heterocycles. The molecule has 4 N–H and O–H groups in total. The molecule has 158 valence electrons. The van der Waals surface area contributed by atoms with Crippen LogP contribution in [-0.2, 0) is 9.59 Å². The number of aryl methyl sites for hydroxylation is 1. The second kappa shape index (κ2) is 8.41. The van der Waals surface area contributed by atoms with Crippen LogP contribution in [0.4, 0.5) is 23.1 Å². The van der Waals surface area contributed by atoms with Crippen molar-refractivity contribution in [2.45, 2.75) is 19.3 Å². The third-order valence-corrected chi connectivity index (χ3v) is 5.44. The van der Waals surface area contributed by atoms with Gasteiger partial charge in [-0.25, -0.2) is 0 Å². The predicted octanol–water partition coefficient (Wildman–Crippen LogP) is 4.19. The molecule has 0 bridgehead atoms. The van der Waals surface area contributed by atoms with Gasteiger partial charge in [-0.3, -0.25) is 19.4 Å². The summed E-state index contributed by atoms with van der Waals surface area (Å²) in [6.45, 7) is 1.84. The lowest BCUT2D eigenvalue weighted by Crippen LogP contribution is -2.36. The lowest BCUT2D eigenvalue weighted by Gasteiger charge is -2.23. The molecule has 0 aliphatic carbocycles. The minimum absolute atomic E-state index is 0.0339. The van der Waals surface area contributed by atoms with Crippen molar-refractivity contribution < 1.29 is 9.59 Å². The van der Waals surface area contributed by atoms with E-state index < -0.39 is 23.3 Å². The van der Waals surface area contributed by atoms with Gasteiger partial charge < -0.3 is 16.0 Å². The van der Waals surface area contributed by atoms with Crippen molar-refractivity contribution in [2.24, 2.45) is 0 Å². The number of anilines is 4. The van der Waals surface area contributed by atoms with Crippen molar-refractivity contribution >= 4 is 58.2 Å². The largest absolute Gasteiger partial charge is 0.326 e. The van der Waals surface area contributed by atoms with Gasteiger partial charge in [0, 0.05) is 27.8 Å². The number of amides is 2. The second-order valence-corrected chi connectivity index (χ2v) is 7.91. The summed E-state index contributed by atoms with van der Waals surface area (Å²) < 4.78 is 0. The summed E-state index contributed by atoms with van der Waals surface area (Å²) in [5.74, 6) is -1.77. The Labute approximate surface area is 187 Å². The molecule has 0 unspecified atom stereocenters. The van der Waals surface area contributed by atoms with E-state index in [1.165, 1.54) is 0 Å². The van der Waals surface area contributed by atoms with Crippen LogP contribution in [0.3, 0.4) is 0 Å². The number of benzene rings is 2. The van der Waals surface area contributed by atoms with E-state index >= 15 is 0 Å². The SMILES string of the molecule is Cc1ccc(NC(=O)[C@@H]2CC(=O)Nc3nc(Nc4cccc(Cl)c4)[nH]c(=O)c32)cc1Cl. The molecular formula is C21H17Cl2N5O3. The maximum Gasteiger partial charge on any atom is 0.258 e. The van der Waals surface area contributed by atoms with Crippen LogP contribution in [0.15, 0.2) is 47.3 Å². The zero-order chi connectivity index (χ0) is 22.1. The van der Waals surface area contributed by atoms with Crippen LogP contribution in [0.1, 0.15) is 23.5 Å². The van der Waals surface area contributed by atoms with Crippen molar-refractivity contribution in [2.75, 3.05) is 16.0 Å². The van der Waals surface area contributed by atoms with Crippen LogP contribution >= 0.6 is 23.2 Å². The minimum Gasteiger partial charge on any atom is -0.326 e. The molecule has 1 atom stereocenters. The Morgan fingerprint density at radius 2 is 1.94 bits per heavy atom. The quantitative estimate of drug-likeness (QED) is 0.468. The first kappa shape index (κ1) is 20.9. The summed E-state index contributed by atoms with van der Waals surface area (Å²) >= 11 is 12.1. The first-order valence-electron chi connectivity index (χ1n) is 9.34. The van der Waals surface area contributed by atoms with E-state index in [-0.39, 0.29) is 23.8 Å². The van der Waals surface area contributed by atoms with E-state index in [1.54, 1.807) is 42.5 Å². The number of carbonyl (C=O) groups excluding carboxylic acids is 2. The normalized spacial score (nSPS) is 15.1. The lowest BCUT2D eigenvalue weighted by atomic mass is 9.92. The summed E-state index contributed by atoms with van der Waals surface area (Å²) in [7, 11) is 0. The van der Waals surface area contributed by atoms with Gasteiger partial charge in [0.15, 0.2) is 0 Å². The highest BCUT2D eigenvalue weighted by Crippen LogP contribution is 2.31. The topological polar surface area (TPSA) is 116 Å². The Balaban J connectivity index is 1.64. The third kappa shape index (κ3) is 4.55. The maximum absolute atomic E-state index is 12.9. The highest BCUT2D eigenvalue weighted by atomic mass is 35.5. The molecule has 10 heteroatoms. The minimum atomic E-state index is -1.000. The highest BCUT2D eigenvalue weighted by Gasteiger charge is 2.34. The van der Waals surface area contributed by atoms with Crippen LogP contribution < -0.4 is 21.5 Å². The van der Waals surface area contributed by atoms with Gasteiger partial charge in [-0.05, 0) is 42.8 Å². The predicted molar refractivity (Wildman–Crippen MR) is 120 cm³/mol. The number of aromatic amines is 1. The summed E-state index contributed by atoms with van der Waals surface area (Å²) in [6, 6.07) is 11.9. The molecule has 31 heavy (non-hydrogen) atoms. The van der Waals surface area contributed by atoms with Gasteiger partial charge in [-0.15, -0.1) is 0 Å². The van der Waals surface area contributed by atoms with Gasteiger partial charge in [0.25, 0.3) is 5.56 Å². The molecule has 2 amide bonds. The van der Waals surface area contributed by atoms with Crippen molar-refractivity contribution in [3.63, 3.8) is 0 Å². The average molecular weight is 458 g/mol. The summed E-state index contributed by atoms with van der Waals surface area (Å²) in [5.41, 5.74) is 1.49. The number of rotatable bonds is 4. The Bertz CT molecular complexity index is 1260. The lowest BCUT2D eigenvalue weighted by molar-refractivity contribution is -0.123. The van der Waals surface area contributed by atoms with Crippen LogP contribution in [-0.4, -0.2) is 21.8 Å². The van der Waals surface area contributed by atoms with E-state index in [0.29, 0.717) is 21.4 Å². The molecule has 2 aromatic carbocycles. The smallest absolute Gasteiger partial charge is 0.258 e. The number of nitrogens with one attached hydrogen (secondary N) is 4. The Kier molecular flexibility index (Phi) is 5.67. The van der Waals surface area contributed by atoms with Crippen LogP contribution in [0.5, 0.6) is 0 Å². The molecule has 8 nitrogen and oxygen atoms in total. The number of hydrogen-bond acceptors (Lipinski definition) is 5.